The van der Waals surface area contributed by atoms with Crippen LogP contribution in [0.3, 0.4) is 0 Å². The van der Waals surface area contributed by atoms with Crippen molar-refractivity contribution in [3.05, 3.63) is 58.2 Å². The standard InChI is InChI=1S/C20H25N5O6S/c1-22-7-6-21-18(22)12-23(8-9-26)19(27)17-10-16(32)11-24(17)20(28)31-13-14-2-4-15(5-3-14)25(29)30/h2-7,16-17,26,32H,8-13H2,1H3/t16-,17-/m0/s1. The third kappa shape index (κ3) is 5.56. The van der Waals surface area contributed by atoms with Gasteiger partial charge in [-0.15, -0.1) is 0 Å². The third-order valence-corrected chi connectivity index (χ3v) is 5.62. The molecule has 0 aliphatic carbocycles. The molecule has 1 aromatic carbocycles. The molecule has 3 rings (SSSR count). The summed E-state index contributed by atoms with van der Waals surface area (Å²) in [5, 5.41) is 20.0. The largest absolute Gasteiger partial charge is 0.445 e. The summed E-state index contributed by atoms with van der Waals surface area (Å²) < 4.78 is 7.13. The first kappa shape index (κ1) is 23.5. The molecule has 0 bridgehead atoms. The molecule has 32 heavy (non-hydrogen) atoms. The lowest BCUT2D eigenvalue weighted by Gasteiger charge is -2.29. The highest BCUT2D eigenvalue weighted by Crippen LogP contribution is 2.25. The number of hydrogen-bond donors (Lipinski definition) is 2. The van der Waals surface area contributed by atoms with Crippen molar-refractivity contribution >= 4 is 30.3 Å². The molecule has 0 spiro atoms. The predicted molar refractivity (Wildman–Crippen MR) is 117 cm³/mol. The van der Waals surface area contributed by atoms with Crippen LogP contribution in [0.5, 0.6) is 0 Å². The number of non-ortho nitro benzene ring substituents is 1. The molecule has 1 N–H and O–H groups in total. The van der Waals surface area contributed by atoms with E-state index in [-0.39, 0.29) is 49.7 Å². The van der Waals surface area contributed by atoms with Gasteiger partial charge < -0.3 is 19.3 Å². The molecule has 1 aromatic heterocycles. The lowest BCUT2D eigenvalue weighted by atomic mass is 10.2. The Kier molecular flexibility index (Phi) is 7.70. The Morgan fingerprint density at radius 3 is 2.69 bits per heavy atom. The average molecular weight is 464 g/mol. The number of nitrogens with zero attached hydrogens (tertiary/aromatic N) is 5. The van der Waals surface area contributed by atoms with E-state index in [9.17, 15) is 24.8 Å². The second kappa shape index (κ2) is 10.5. The second-order valence-corrected chi connectivity index (χ2v) is 8.20. The van der Waals surface area contributed by atoms with Gasteiger partial charge in [-0.05, 0) is 24.1 Å². The zero-order valence-electron chi connectivity index (χ0n) is 17.5. The van der Waals surface area contributed by atoms with Gasteiger partial charge in [0.2, 0.25) is 5.91 Å². The normalized spacial score (nSPS) is 17.9. The SMILES string of the molecule is Cn1ccnc1CN(CCO)C(=O)[C@@H]1C[C@H](S)CN1C(=O)OCc1ccc([N+](=O)[O-])cc1. The maximum atomic E-state index is 13.2. The Balaban J connectivity index is 1.66. The predicted octanol–water partition coefficient (Wildman–Crippen LogP) is 1.36. The van der Waals surface area contributed by atoms with E-state index < -0.39 is 17.1 Å². The fourth-order valence-corrected chi connectivity index (χ4v) is 3.89. The van der Waals surface area contributed by atoms with Gasteiger partial charge in [-0.3, -0.25) is 19.8 Å². The summed E-state index contributed by atoms with van der Waals surface area (Å²) >= 11 is 4.44. The van der Waals surface area contributed by atoms with Crippen molar-refractivity contribution in [1.82, 2.24) is 19.4 Å². The van der Waals surface area contributed by atoms with Crippen molar-refractivity contribution in [2.75, 3.05) is 19.7 Å². The summed E-state index contributed by atoms with van der Waals surface area (Å²) in [4.78, 5) is 43.2. The molecule has 0 saturated carbocycles. The lowest BCUT2D eigenvalue weighted by molar-refractivity contribution is -0.384. The number of thiol groups is 1. The molecule has 2 atom stereocenters. The fourth-order valence-electron chi connectivity index (χ4n) is 3.51. The van der Waals surface area contributed by atoms with Crippen molar-refractivity contribution in [2.24, 2.45) is 7.05 Å². The number of aryl methyl sites for hydroxylation is 1. The number of carbonyl (C=O) groups is 2. The molecular weight excluding hydrogens is 438 g/mol. The molecular formula is C20H25N5O6S. The molecule has 1 aliphatic rings. The summed E-state index contributed by atoms with van der Waals surface area (Å²) in [7, 11) is 1.81. The van der Waals surface area contributed by atoms with E-state index in [0.29, 0.717) is 17.8 Å². The monoisotopic (exact) mass is 463 g/mol. The third-order valence-electron chi connectivity index (χ3n) is 5.24. The number of ether oxygens (including phenoxy) is 1. The van der Waals surface area contributed by atoms with Crippen LogP contribution >= 0.6 is 12.6 Å². The fraction of sp³-hybridized carbons (Fsp3) is 0.450. The first-order valence-electron chi connectivity index (χ1n) is 10.0. The Morgan fingerprint density at radius 2 is 2.09 bits per heavy atom. The van der Waals surface area contributed by atoms with Crippen LogP contribution < -0.4 is 0 Å². The van der Waals surface area contributed by atoms with Gasteiger partial charge >= 0.3 is 6.09 Å². The Bertz CT molecular complexity index is 966. The molecule has 2 amide bonds. The number of aromatic nitrogens is 2. The number of imidazole rings is 1. The number of rotatable bonds is 8. The van der Waals surface area contributed by atoms with Gasteiger partial charge in [-0.2, -0.15) is 12.6 Å². The van der Waals surface area contributed by atoms with Crippen LogP contribution in [0.15, 0.2) is 36.7 Å². The minimum Gasteiger partial charge on any atom is -0.445 e. The number of hydrogen-bond acceptors (Lipinski definition) is 8. The molecule has 1 saturated heterocycles. The molecule has 12 heteroatoms. The quantitative estimate of drug-likeness (QED) is 0.343. The highest BCUT2D eigenvalue weighted by Gasteiger charge is 2.41. The number of aliphatic hydroxyl groups is 1. The van der Waals surface area contributed by atoms with Gasteiger partial charge in [-0.25, -0.2) is 9.78 Å². The number of carbonyl (C=O) groups excluding carboxylic acids is 2. The zero-order chi connectivity index (χ0) is 23.3. The Morgan fingerprint density at radius 1 is 1.38 bits per heavy atom. The average Bonchev–Trinajstić information content (AvgIpc) is 3.36. The van der Waals surface area contributed by atoms with Crippen LogP contribution in [0.1, 0.15) is 17.8 Å². The van der Waals surface area contributed by atoms with Crippen molar-refractivity contribution in [2.45, 2.75) is 30.9 Å². The lowest BCUT2D eigenvalue weighted by Crippen LogP contribution is -2.48. The van der Waals surface area contributed by atoms with E-state index in [4.69, 9.17) is 4.74 Å². The number of benzene rings is 1. The molecule has 11 nitrogen and oxygen atoms in total. The maximum absolute atomic E-state index is 13.2. The van der Waals surface area contributed by atoms with Crippen molar-refractivity contribution in [1.29, 1.82) is 0 Å². The van der Waals surface area contributed by atoms with E-state index in [1.807, 2.05) is 7.05 Å². The number of amides is 2. The number of nitro groups is 1. The summed E-state index contributed by atoms with van der Waals surface area (Å²) in [6.07, 6.45) is 3.08. The summed E-state index contributed by atoms with van der Waals surface area (Å²) in [5.74, 6) is 0.338. The van der Waals surface area contributed by atoms with E-state index in [0.717, 1.165) is 0 Å². The van der Waals surface area contributed by atoms with Gasteiger partial charge in [0.25, 0.3) is 5.69 Å². The molecule has 0 radical (unpaired) electrons. The van der Waals surface area contributed by atoms with Crippen molar-refractivity contribution in [3.63, 3.8) is 0 Å². The van der Waals surface area contributed by atoms with E-state index in [1.165, 1.54) is 34.1 Å². The first-order valence-corrected chi connectivity index (χ1v) is 10.5. The smallest absolute Gasteiger partial charge is 0.410 e. The van der Waals surface area contributed by atoms with Gasteiger partial charge in [0.05, 0.1) is 18.1 Å². The van der Waals surface area contributed by atoms with Gasteiger partial charge in [0, 0.05) is 49.9 Å². The van der Waals surface area contributed by atoms with E-state index in [1.54, 1.807) is 17.0 Å². The summed E-state index contributed by atoms with van der Waals surface area (Å²) in [5.41, 5.74) is 0.532. The van der Waals surface area contributed by atoms with E-state index >= 15 is 0 Å². The molecule has 1 aliphatic heterocycles. The number of aliphatic hydroxyl groups excluding tert-OH is 1. The second-order valence-electron chi connectivity index (χ2n) is 7.47. The molecule has 2 heterocycles. The summed E-state index contributed by atoms with van der Waals surface area (Å²) in [6.45, 7) is 0.234. The van der Waals surface area contributed by atoms with Crippen molar-refractivity contribution in [3.8, 4) is 0 Å². The minimum atomic E-state index is -0.770. The van der Waals surface area contributed by atoms with Crippen LogP contribution in [0.25, 0.3) is 0 Å². The van der Waals surface area contributed by atoms with Crippen LogP contribution in [0, 0.1) is 10.1 Å². The number of nitro benzene ring substituents is 1. The Labute approximate surface area is 190 Å². The van der Waals surface area contributed by atoms with Crippen LogP contribution in [-0.4, -0.2) is 72.4 Å². The highest BCUT2D eigenvalue weighted by molar-refractivity contribution is 7.81. The molecule has 1 fully saturated rings. The maximum Gasteiger partial charge on any atom is 0.410 e. The Hall–Kier alpha value is -3.12. The number of likely N-dealkylation sites (tertiary alicyclic amines) is 1. The van der Waals surface area contributed by atoms with Gasteiger partial charge in [0.15, 0.2) is 0 Å². The topological polar surface area (TPSA) is 131 Å². The molecule has 0 unspecified atom stereocenters. The van der Waals surface area contributed by atoms with E-state index in [2.05, 4.69) is 17.6 Å². The van der Waals surface area contributed by atoms with Crippen LogP contribution in [0.4, 0.5) is 10.5 Å². The minimum absolute atomic E-state index is 0.0557. The first-order chi connectivity index (χ1) is 15.3. The van der Waals surface area contributed by atoms with Gasteiger partial charge in [0.1, 0.15) is 18.5 Å². The summed E-state index contributed by atoms with van der Waals surface area (Å²) in [6, 6.07) is 4.91. The highest BCUT2D eigenvalue weighted by atomic mass is 32.1. The molecule has 172 valence electrons. The molecule has 2 aromatic rings. The van der Waals surface area contributed by atoms with Crippen LogP contribution in [-0.2, 0) is 29.7 Å². The van der Waals surface area contributed by atoms with Crippen LogP contribution in [0.2, 0.25) is 0 Å². The van der Waals surface area contributed by atoms with Gasteiger partial charge in [-0.1, -0.05) is 0 Å². The zero-order valence-corrected chi connectivity index (χ0v) is 18.4. The van der Waals surface area contributed by atoms with Crippen molar-refractivity contribution < 1.29 is 24.4 Å².